The Balaban J connectivity index is 1.57. The van der Waals surface area contributed by atoms with E-state index in [0.717, 1.165) is 22.6 Å². The van der Waals surface area contributed by atoms with Crippen LogP contribution in [0.3, 0.4) is 0 Å². The van der Waals surface area contributed by atoms with Crippen LogP contribution in [-0.2, 0) is 19.6 Å². The third kappa shape index (κ3) is 8.33. The number of rotatable bonds is 13. The SMILES string of the molecule is COc1ccc(C(CCCC(O[Si](C)(C)C(C)(C)C)(C(=O)N2C(=O)OCC2c2ccccc2)c2ccc(F)cc2)Nc2ccc(C#N)cc2)cc1. The van der Waals surface area contributed by atoms with E-state index in [9.17, 15) is 14.4 Å². The van der Waals surface area contributed by atoms with Gasteiger partial charge in [-0.15, -0.1) is 0 Å². The molecule has 1 N–H and O–H groups in total. The molecule has 10 heteroatoms. The van der Waals surface area contributed by atoms with Crippen molar-refractivity contribution in [2.75, 3.05) is 19.0 Å². The molecule has 266 valence electrons. The number of halogens is 1. The molecule has 1 aliphatic heterocycles. The number of cyclic esters (lactones) is 1. The lowest BCUT2D eigenvalue weighted by Gasteiger charge is -2.46. The van der Waals surface area contributed by atoms with E-state index in [1.165, 1.54) is 17.0 Å². The molecule has 3 unspecified atom stereocenters. The molecule has 0 spiro atoms. The van der Waals surface area contributed by atoms with Crippen molar-refractivity contribution in [2.45, 2.75) is 75.9 Å². The monoisotopic (exact) mass is 707 g/mol. The van der Waals surface area contributed by atoms with Crippen LogP contribution in [0.5, 0.6) is 5.75 Å². The first-order valence-electron chi connectivity index (χ1n) is 17.2. The lowest BCUT2D eigenvalue weighted by atomic mass is 9.85. The molecule has 2 amide bonds. The minimum Gasteiger partial charge on any atom is -0.497 e. The molecule has 5 rings (SSSR count). The van der Waals surface area contributed by atoms with E-state index in [-0.39, 0.29) is 24.1 Å². The van der Waals surface area contributed by atoms with Gasteiger partial charge in [-0.1, -0.05) is 75.4 Å². The normalized spacial score (nSPS) is 16.5. The average Bonchev–Trinajstić information content (AvgIpc) is 3.51. The first-order chi connectivity index (χ1) is 24.3. The lowest BCUT2D eigenvalue weighted by molar-refractivity contribution is -0.149. The van der Waals surface area contributed by atoms with Crippen LogP contribution in [0.25, 0.3) is 0 Å². The van der Waals surface area contributed by atoms with E-state index in [0.29, 0.717) is 24.0 Å². The number of hydrogen-bond donors (Lipinski definition) is 1. The van der Waals surface area contributed by atoms with E-state index < -0.39 is 37.8 Å². The third-order valence-corrected chi connectivity index (χ3v) is 14.5. The van der Waals surface area contributed by atoms with Gasteiger partial charge in [-0.25, -0.2) is 14.1 Å². The minimum atomic E-state index is -2.74. The van der Waals surface area contributed by atoms with E-state index >= 15 is 4.79 Å². The van der Waals surface area contributed by atoms with Crippen LogP contribution in [-0.4, -0.2) is 38.9 Å². The van der Waals surface area contributed by atoms with Crippen LogP contribution in [0.4, 0.5) is 14.9 Å². The second kappa shape index (κ2) is 15.5. The van der Waals surface area contributed by atoms with Gasteiger partial charge < -0.3 is 19.2 Å². The molecule has 4 aromatic carbocycles. The number of imide groups is 1. The second-order valence-electron chi connectivity index (χ2n) is 14.4. The van der Waals surface area contributed by atoms with Crippen LogP contribution in [0.15, 0.2) is 103 Å². The maximum absolute atomic E-state index is 15.3. The number of amides is 2. The standard InChI is InChI=1S/C41H46FN3O5Si/c1-40(2,3)51(5,6)50-41(32-18-20-33(42)21-19-32,38(46)45-37(28-49-39(45)47)31-11-8-7-9-12-31)26-10-13-36(30-16-24-35(48-4)25-17-30)44-34-22-14-29(27-43)15-23-34/h7-9,11-12,14-25,36-37,44H,10,13,26,28H2,1-6H3. The summed E-state index contributed by atoms with van der Waals surface area (Å²) in [5.41, 5.74) is 2.00. The molecule has 0 radical (unpaired) electrons. The summed E-state index contributed by atoms with van der Waals surface area (Å²) in [6.45, 7) is 10.4. The molecule has 1 aliphatic rings. The average molecular weight is 708 g/mol. The fourth-order valence-electron chi connectivity index (χ4n) is 6.15. The molecule has 0 aliphatic carbocycles. The highest BCUT2D eigenvalue weighted by molar-refractivity contribution is 6.74. The lowest BCUT2D eigenvalue weighted by Crippen LogP contribution is -2.56. The van der Waals surface area contributed by atoms with Crippen molar-refractivity contribution in [1.29, 1.82) is 5.26 Å². The van der Waals surface area contributed by atoms with Gasteiger partial charge in [-0.2, -0.15) is 5.26 Å². The number of benzene rings is 4. The number of hydrogen-bond acceptors (Lipinski definition) is 7. The number of ether oxygens (including phenoxy) is 2. The Morgan fingerprint density at radius 1 is 1.00 bits per heavy atom. The van der Waals surface area contributed by atoms with Crippen molar-refractivity contribution in [3.63, 3.8) is 0 Å². The smallest absolute Gasteiger partial charge is 0.417 e. The summed E-state index contributed by atoms with van der Waals surface area (Å²) in [5.74, 6) is -0.247. The largest absolute Gasteiger partial charge is 0.497 e. The highest BCUT2D eigenvalue weighted by atomic mass is 28.4. The van der Waals surface area contributed by atoms with E-state index in [4.69, 9.17) is 13.9 Å². The quantitative estimate of drug-likeness (QED) is 0.138. The maximum Gasteiger partial charge on any atom is 0.417 e. The van der Waals surface area contributed by atoms with Crippen LogP contribution in [0.2, 0.25) is 18.1 Å². The molecule has 51 heavy (non-hydrogen) atoms. The van der Waals surface area contributed by atoms with Crippen molar-refractivity contribution in [1.82, 2.24) is 4.90 Å². The van der Waals surface area contributed by atoms with Gasteiger partial charge in [0.1, 0.15) is 24.2 Å². The second-order valence-corrected chi connectivity index (χ2v) is 19.2. The summed E-state index contributed by atoms with van der Waals surface area (Å²) in [5, 5.41) is 12.6. The molecule has 0 saturated carbocycles. The fraction of sp³-hybridized carbons (Fsp3) is 0.341. The van der Waals surface area contributed by atoms with Crippen molar-refractivity contribution in [2.24, 2.45) is 0 Å². The topological polar surface area (TPSA) is 101 Å². The molecule has 8 nitrogen and oxygen atoms in total. The molecule has 1 fully saturated rings. The summed E-state index contributed by atoms with van der Waals surface area (Å²) in [6, 6.07) is 31.5. The molecule has 1 saturated heterocycles. The zero-order chi connectivity index (χ0) is 36.8. The van der Waals surface area contributed by atoms with Crippen molar-refractivity contribution < 1.29 is 27.9 Å². The molecular weight excluding hydrogens is 662 g/mol. The summed E-state index contributed by atoms with van der Waals surface area (Å²) in [6.07, 6.45) is 0.515. The fourth-order valence-corrected chi connectivity index (χ4v) is 7.64. The first-order valence-corrected chi connectivity index (χ1v) is 20.1. The number of nitrogens with zero attached hydrogens (tertiary/aromatic N) is 2. The van der Waals surface area contributed by atoms with E-state index in [1.807, 2.05) is 66.7 Å². The molecular formula is C41H46FN3O5Si. The van der Waals surface area contributed by atoms with Crippen molar-refractivity contribution in [3.8, 4) is 11.8 Å². The summed E-state index contributed by atoms with van der Waals surface area (Å²) in [7, 11) is -1.13. The molecule has 0 aromatic heterocycles. The predicted octanol–water partition coefficient (Wildman–Crippen LogP) is 9.67. The Kier molecular flexibility index (Phi) is 11.3. The summed E-state index contributed by atoms with van der Waals surface area (Å²) in [4.78, 5) is 30.0. The van der Waals surface area contributed by atoms with Gasteiger partial charge in [0.25, 0.3) is 5.91 Å². The number of anilines is 1. The highest BCUT2D eigenvalue weighted by Crippen LogP contribution is 2.47. The zero-order valence-electron chi connectivity index (χ0n) is 30.1. The number of carbonyl (C=O) groups excluding carboxylic acids is 2. The van der Waals surface area contributed by atoms with Crippen molar-refractivity contribution >= 4 is 26.0 Å². The van der Waals surface area contributed by atoms with E-state index in [2.05, 4.69) is 45.3 Å². The van der Waals surface area contributed by atoms with Gasteiger partial charge >= 0.3 is 6.09 Å². The number of methoxy groups -OCH3 is 1. The van der Waals surface area contributed by atoms with Gasteiger partial charge in [-0.05, 0) is 103 Å². The Hall–Kier alpha value is -4.98. The Morgan fingerprint density at radius 3 is 2.24 bits per heavy atom. The van der Waals surface area contributed by atoms with Gasteiger partial charge in [-0.3, -0.25) is 4.79 Å². The molecule has 1 heterocycles. The van der Waals surface area contributed by atoms with Gasteiger partial charge in [0.05, 0.1) is 24.8 Å². The van der Waals surface area contributed by atoms with E-state index in [1.54, 1.807) is 31.4 Å². The van der Waals surface area contributed by atoms with Gasteiger partial charge in [0.2, 0.25) is 0 Å². The molecule has 0 bridgehead atoms. The van der Waals surface area contributed by atoms with Crippen LogP contribution >= 0.6 is 0 Å². The Labute approximate surface area is 301 Å². The van der Waals surface area contributed by atoms with Gasteiger partial charge in [0.15, 0.2) is 13.9 Å². The number of carbonyl (C=O) groups is 2. The predicted molar refractivity (Wildman–Crippen MR) is 198 cm³/mol. The number of nitrogens with one attached hydrogen (secondary N) is 1. The third-order valence-electron chi connectivity index (χ3n) is 10.1. The highest BCUT2D eigenvalue weighted by Gasteiger charge is 2.55. The molecule has 3 atom stereocenters. The Bertz CT molecular complexity index is 1840. The van der Waals surface area contributed by atoms with Crippen LogP contribution in [0.1, 0.15) is 74.4 Å². The van der Waals surface area contributed by atoms with Gasteiger partial charge in [0, 0.05) is 5.69 Å². The van der Waals surface area contributed by atoms with Crippen LogP contribution in [0, 0.1) is 17.1 Å². The number of nitriles is 1. The Morgan fingerprint density at radius 2 is 1.65 bits per heavy atom. The first kappa shape index (κ1) is 37.3. The zero-order valence-corrected chi connectivity index (χ0v) is 31.1. The van der Waals surface area contributed by atoms with Crippen LogP contribution < -0.4 is 10.1 Å². The minimum absolute atomic E-state index is 0.0161. The summed E-state index contributed by atoms with van der Waals surface area (Å²) >= 11 is 0. The summed E-state index contributed by atoms with van der Waals surface area (Å²) < 4.78 is 32.6. The van der Waals surface area contributed by atoms with Crippen molar-refractivity contribution in [3.05, 3.63) is 131 Å². The maximum atomic E-state index is 15.3. The molecule has 4 aromatic rings.